The highest BCUT2D eigenvalue weighted by Crippen LogP contribution is 2.41. The average Bonchev–Trinajstić information content (AvgIpc) is 3.63. The quantitative estimate of drug-likeness (QED) is 0.161. The summed E-state index contributed by atoms with van der Waals surface area (Å²) >= 11 is 0. The van der Waals surface area contributed by atoms with Crippen LogP contribution in [-0.2, 0) is 0 Å². The molecule has 0 amide bonds. The molecule has 0 fully saturated rings. The van der Waals surface area contributed by atoms with Gasteiger partial charge in [-0.1, -0.05) is 146 Å². The molecule has 0 saturated carbocycles. The SMILES string of the molecule is N#Cc1ccc2c(c1)c1ccccc1n2-c1c(-c2nc(-c3ccccc3)nc(-c3ccccc3)n2)cccc1-c1nc(-c2ccccc2)nc(-c2ccccc2)n1. The third-order valence-electron chi connectivity index (χ3n) is 9.94. The zero-order valence-corrected chi connectivity index (χ0v) is 30.4. The summed E-state index contributed by atoms with van der Waals surface area (Å²) in [5.74, 6) is 3.17. The summed E-state index contributed by atoms with van der Waals surface area (Å²) in [6.07, 6.45) is 0. The van der Waals surface area contributed by atoms with Gasteiger partial charge in [0.2, 0.25) is 0 Å². The van der Waals surface area contributed by atoms with Gasteiger partial charge >= 0.3 is 0 Å². The third kappa shape index (κ3) is 6.15. The summed E-state index contributed by atoms with van der Waals surface area (Å²) in [6, 6.07) is 62.3. The van der Waals surface area contributed by atoms with Crippen molar-refractivity contribution in [2.24, 2.45) is 0 Å². The van der Waals surface area contributed by atoms with Crippen LogP contribution in [0, 0.1) is 11.3 Å². The van der Waals surface area contributed by atoms with Crippen LogP contribution in [0.25, 0.3) is 95.8 Å². The summed E-state index contributed by atoms with van der Waals surface area (Å²) in [5, 5.41) is 11.9. The molecule has 0 aliphatic rings. The maximum Gasteiger partial charge on any atom is 0.166 e. The largest absolute Gasteiger partial charge is 0.308 e. The fourth-order valence-corrected chi connectivity index (χ4v) is 7.29. The van der Waals surface area contributed by atoms with E-state index in [-0.39, 0.29) is 0 Å². The van der Waals surface area contributed by atoms with E-state index in [1.807, 2.05) is 170 Å². The van der Waals surface area contributed by atoms with Gasteiger partial charge in [-0.15, -0.1) is 0 Å². The Balaban J connectivity index is 1.33. The third-order valence-corrected chi connectivity index (χ3v) is 9.94. The lowest BCUT2D eigenvalue weighted by Gasteiger charge is -2.19. The second kappa shape index (κ2) is 14.3. The van der Waals surface area contributed by atoms with Gasteiger partial charge in [0, 0.05) is 44.2 Å². The molecule has 3 aromatic heterocycles. The van der Waals surface area contributed by atoms with Crippen molar-refractivity contribution >= 4 is 21.8 Å². The van der Waals surface area contributed by atoms with E-state index in [1.54, 1.807) is 0 Å². The maximum absolute atomic E-state index is 9.96. The van der Waals surface area contributed by atoms with Gasteiger partial charge in [0.05, 0.1) is 28.4 Å². The van der Waals surface area contributed by atoms with E-state index >= 15 is 0 Å². The van der Waals surface area contributed by atoms with Gasteiger partial charge in [0.15, 0.2) is 34.9 Å². The molecule has 0 spiro atoms. The fourth-order valence-electron chi connectivity index (χ4n) is 7.29. The van der Waals surface area contributed by atoms with Crippen LogP contribution in [0.4, 0.5) is 0 Å². The van der Waals surface area contributed by atoms with E-state index in [0.29, 0.717) is 40.5 Å². The number of para-hydroxylation sites is 2. The van der Waals surface area contributed by atoms with Crippen molar-refractivity contribution in [2.75, 3.05) is 0 Å². The number of aromatic nitrogens is 7. The molecule has 0 atom stereocenters. The predicted octanol–water partition coefficient (Wildman–Crippen LogP) is 11.0. The minimum absolute atomic E-state index is 0.486. The number of rotatable bonds is 7. The second-order valence-corrected chi connectivity index (χ2v) is 13.5. The van der Waals surface area contributed by atoms with Crippen molar-refractivity contribution in [3.63, 3.8) is 0 Å². The second-order valence-electron chi connectivity index (χ2n) is 13.5. The van der Waals surface area contributed by atoms with E-state index < -0.39 is 0 Å². The highest BCUT2D eigenvalue weighted by Gasteiger charge is 2.25. The lowest BCUT2D eigenvalue weighted by Crippen LogP contribution is -2.07. The van der Waals surface area contributed by atoms with E-state index in [1.165, 1.54) is 0 Å². The standard InChI is InChI=1S/C49H30N8/c50-31-32-28-29-42-40(30-32)37-24-13-14-27-41(37)57(42)43-38(48-53-44(33-16-5-1-6-17-33)51-45(54-48)34-18-7-2-8-19-34)25-15-26-39(43)49-55-46(35-20-9-3-10-21-35)52-47(56-49)36-22-11-4-12-23-36/h1-30H. The average molecular weight is 731 g/mol. The molecular weight excluding hydrogens is 701 g/mol. The molecule has 0 aliphatic carbocycles. The molecule has 0 aliphatic heterocycles. The minimum Gasteiger partial charge on any atom is -0.308 e. The van der Waals surface area contributed by atoms with E-state index in [4.69, 9.17) is 29.9 Å². The van der Waals surface area contributed by atoms with E-state index in [2.05, 4.69) is 22.8 Å². The van der Waals surface area contributed by atoms with E-state index in [0.717, 1.165) is 60.9 Å². The van der Waals surface area contributed by atoms with Gasteiger partial charge in [-0.05, 0) is 36.4 Å². The summed E-state index contributed by atoms with van der Waals surface area (Å²) in [6.45, 7) is 0. The molecule has 0 radical (unpaired) electrons. The fraction of sp³-hybridized carbons (Fsp3) is 0. The number of nitrogens with zero attached hydrogens (tertiary/aromatic N) is 8. The molecule has 0 saturated heterocycles. The number of nitriles is 1. The van der Waals surface area contributed by atoms with Gasteiger partial charge in [0.1, 0.15) is 0 Å². The number of hydrogen-bond donors (Lipinski definition) is 0. The van der Waals surface area contributed by atoms with Crippen LogP contribution in [0.3, 0.4) is 0 Å². The molecule has 0 N–H and O–H groups in total. The Morgan fingerprint density at radius 3 is 1.18 bits per heavy atom. The molecule has 0 unspecified atom stereocenters. The van der Waals surface area contributed by atoms with Crippen LogP contribution in [0.15, 0.2) is 182 Å². The molecule has 7 aromatic carbocycles. The molecule has 57 heavy (non-hydrogen) atoms. The summed E-state index contributed by atoms with van der Waals surface area (Å²) in [7, 11) is 0. The first-order valence-electron chi connectivity index (χ1n) is 18.5. The van der Waals surface area contributed by atoms with Crippen LogP contribution in [0.5, 0.6) is 0 Å². The Bertz CT molecular complexity index is 2860. The zero-order valence-electron chi connectivity index (χ0n) is 30.4. The van der Waals surface area contributed by atoms with Crippen molar-refractivity contribution in [3.05, 3.63) is 188 Å². The minimum atomic E-state index is 0.486. The summed E-state index contributed by atoms with van der Waals surface area (Å²) in [5.41, 5.74) is 8.18. The Kier molecular flexibility index (Phi) is 8.36. The molecule has 0 bridgehead atoms. The van der Waals surface area contributed by atoms with Crippen molar-refractivity contribution < 1.29 is 0 Å². The van der Waals surface area contributed by atoms with Gasteiger partial charge in [0.25, 0.3) is 0 Å². The Morgan fingerprint density at radius 1 is 0.351 bits per heavy atom. The van der Waals surface area contributed by atoms with Gasteiger partial charge in [-0.3, -0.25) is 0 Å². The Labute approximate surface area is 328 Å². The molecule has 3 heterocycles. The molecule has 266 valence electrons. The first-order valence-corrected chi connectivity index (χ1v) is 18.5. The number of fused-ring (bicyclic) bond motifs is 3. The van der Waals surface area contributed by atoms with Gasteiger partial charge in [-0.2, -0.15) is 5.26 Å². The van der Waals surface area contributed by atoms with E-state index in [9.17, 15) is 5.26 Å². The molecule has 10 rings (SSSR count). The van der Waals surface area contributed by atoms with Crippen LogP contribution in [0.2, 0.25) is 0 Å². The van der Waals surface area contributed by atoms with Crippen molar-refractivity contribution in [2.45, 2.75) is 0 Å². The Hall–Kier alpha value is -8.15. The number of benzene rings is 7. The highest BCUT2D eigenvalue weighted by atomic mass is 15.1. The number of hydrogen-bond acceptors (Lipinski definition) is 7. The van der Waals surface area contributed by atoms with Crippen molar-refractivity contribution in [1.82, 2.24) is 34.5 Å². The lowest BCUT2D eigenvalue weighted by molar-refractivity contribution is 1.05. The molecule has 8 heteroatoms. The van der Waals surface area contributed by atoms with Gasteiger partial charge in [-0.25, -0.2) is 29.9 Å². The predicted molar refractivity (Wildman–Crippen MR) is 225 cm³/mol. The maximum atomic E-state index is 9.96. The Morgan fingerprint density at radius 2 is 0.737 bits per heavy atom. The smallest absolute Gasteiger partial charge is 0.166 e. The zero-order chi connectivity index (χ0) is 38.1. The first-order chi connectivity index (χ1) is 28.2. The van der Waals surface area contributed by atoms with Crippen LogP contribution < -0.4 is 0 Å². The van der Waals surface area contributed by atoms with Crippen LogP contribution >= 0.6 is 0 Å². The normalized spacial score (nSPS) is 11.1. The lowest BCUT2D eigenvalue weighted by atomic mass is 10.0. The monoisotopic (exact) mass is 730 g/mol. The summed E-state index contributed by atoms with van der Waals surface area (Å²) in [4.78, 5) is 30.7. The highest BCUT2D eigenvalue weighted by molar-refractivity contribution is 6.10. The van der Waals surface area contributed by atoms with Crippen LogP contribution in [-0.4, -0.2) is 34.5 Å². The molecule has 10 aromatic rings. The summed E-state index contributed by atoms with van der Waals surface area (Å²) < 4.78 is 2.22. The van der Waals surface area contributed by atoms with Crippen molar-refractivity contribution in [1.29, 1.82) is 5.26 Å². The molecular formula is C49H30N8. The van der Waals surface area contributed by atoms with Gasteiger partial charge < -0.3 is 4.57 Å². The van der Waals surface area contributed by atoms with Crippen molar-refractivity contribution in [3.8, 4) is 80.1 Å². The molecule has 8 nitrogen and oxygen atoms in total. The topological polar surface area (TPSA) is 106 Å². The van der Waals surface area contributed by atoms with Crippen LogP contribution in [0.1, 0.15) is 5.56 Å². The first kappa shape index (κ1) is 33.4.